The number of alkyl halides is 1. The van der Waals surface area contributed by atoms with E-state index in [9.17, 15) is 72.1 Å². The number of benzene rings is 1. The monoisotopic (exact) mass is 1280 g/mol. The Hall–Kier alpha value is -6.57. The lowest BCUT2D eigenvalue weighted by atomic mass is 9.83. The van der Waals surface area contributed by atoms with Crippen LogP contribution in [-0.2, 0) is 64.0 Å². The van der Waals surface area contributed by atoms with Crippen LogP contribution in [0.15, 0.2) is 29.6 Å². The van der Waals surface area contributed by atoms with Gasteiger partial charge in [-0.1, -0.05) is 106 Å². The maximum absolute atomic E-state index is 14.5. The van der Waals surface area contributed by atoms with Crippen LogP contribution in [0, 0.1) is 53.3 Å². The lowest BCUT2D eigenvalue weighted by Gasteiger charge is -2.31. The molecule has 1 saturated heterocycles. The van der Waals surface area contributed by atoms with Crippen LogP contribution in [0.5, 0.6) is 0 Å². The first-order chi connectivity index (χ1) is 42.4. The van der Waals surface area contributed by atoms with Crippen molar-refractivity contribution in [1.29, 1.82) is 0 Å². The SMILES string of the molecule is CC[C@H](C)[C@H](NC(=O)[C@@H](Cc1csc2ccccc12)NC)C(=O)C[C@@H](CO)C(=O)N[C@H](CCC(N)=O)C(=O)C[C@@H](C(=O)N[C@H](C(=O)C[C@@H](CO)C(=O)N[C@H]1C(=O)C[C@@H](C)C(=O)N[C@@]2(C[C@H]2CC(C)F)C(=O)N[C@@H]([C@@H](C)CC)C(=O)N[C@H]1C)[C@@H](C)CC)[C@@H](C)CC. The number of carbonyl (C=O) groups is 12. The lowest BCUT2D eigenvalue weighted by molar-refractivity contribution is -0.138. The molecule has 1 saturated carbocycles. The summed E-state index contributed by atoms with van der Waals surface area (Å²) in [5.41, 5.74) is 4.95. The molecule has 1 aliphatic carbocycles. The molecule has 2 fully saturated rings. The van der Waals surface area contributed by atoms with E-state index in [0.29, 0.717) is 32.1 Å². The van der Waals surface area contributed by atoms with E-state index in [2.05, 4.69) is 42.5 Å². The number of Topliss-reactive ketones (excluding diaryl/α,β-unsaturated/α-hetero) is 4. The third kappa shape index (κ3) is 20.5. The number of hydrogen-bond acceptors (Lipinski definition) is 16. The van der Waals surface area contributed by atoms with Gasteiger partial charge in [-0.2, -0.15) is 0 Å². The van der Waals surface area contributed by atoms with Gasteiger partial charge in [0.25, 0.3) is 0 Å². The molecule has 23 nitrogen and oxygen atoms in total. The average molecular weight is 1280 g/mol. The Morgan fingerprint density at radius 2 is 1.30 bits per heavy atom. The topological polar surface area (TPSA) is 368 Å². The smallest absolute Gasteiger partial charge is 0.246 e. The first-order valence-electron chi connectivity index (χ1n) is 32.0. The van der Waals surface area contributed by atoms with Gasteiger partial charge >= 0.3 is 0 Å². The summed E-state index contributed by atoms with van der Waals surface area (Å²) in [6.45, 7) is 16.6. The summed E-state index contributed by atoms with van der Waals surface area (Å²) in [6, 6.07) is -0.533. The van der Waals surface area contributed by atoms with Gasteiger partial charge in [0.05, 0.1) is 61.4 Å². The molecule has 2 aromatic rings. The molecule has 1 spiro atoms. The van der Waals surface area contributed by atoms with Crippen LogP contribution in [0.25, 0.3) is 10.1 Å². The number of carbonyl (C=O) groups excluding carboxylic acids is 12. The van der Waals surface area contributed by atoms with Gasteiger partial charge in [0, 0.05) is 48.6 Å². The van der Waals surface area contributed by atoms with Crippen molar-refractivity contribution < 1.29 is 72.1 Å². The molecule has 90 heavy (non-hydrogen) atoms. The number of rotatable bonds is 35. The fraction of sp³-hybridized carbons (Fsp3) is 0.692. The number of thiophene rings is 1. The molecule has 25 heteroatoms. The molecule has 2 heterocycles. The fourth-order valence-corrected chi connectivity index (χ4v) is 12.6. The van der Waals surface area contributed by atoms with Gasteiger partial charge in [-0.25, -0.2) is 4.39 Å². The molecule has 1 aromatic carbocycles. The van der Waals surface area contributed by atoms with Crippen molar-refractivity contribution in [2.75, 3.05) is 20.3 Å². The number of aliphatic hydroxyl groups excluding tert-OH is 2. The number of primary amides is 1. The predicted octanol–water partition coefficient (Wildman–Crippen LogP) is 3.35. The van der Waals surface area contributed by atoms with Crippen LogP contribution in [0.4, 0.5) is 4.39 Å². The molecule has 1 aromatic heterocycles. The van der Waals surface area contributed by atoms with Crippen molar-refractivity contribution >= 4 is 91.8 Å². The van der Waals surface area contributed by atoms with Gasteiger partial charge in [-0.3, -0.25) is 57.5 Å². The zero-order valence-electron chi connectivity index (χ0n) is 54.5. The van der Waals surface area contributed by atoms with Crippen molar-refractivity contribution in [3.05, 3.63) is 35.2 Å². The molecular weight excluding hydrogens is 1180 g/mol. The Bertz CT molecular complexity index is 2870. The zero-order chi connectivity index (χ0) is 67.5. The lowest BCUT2D eigenvalue weighted by Crippen LogP contribution is -2.61. The van der Waals surface area contributed by atoms with E-state index in [1.807, 2.05) is 36.6 Å². The minimum Gasteiger partial charge on any atom is -0.396 e. The van der Waals surface area contributed by atoms with Crippen molar-refractivity contribution in [1.82, 2.24) is 42.5 Å². The highest BCUT2D eigenvalue weighted by molar-refractivity contribution is 7.17. The molecule has 12 N–H and O–H groups in total. The number of fused-ring (bicyclic) bond motifs is 1. The van der Waals surface area contributed by atoms with E-state index >= 15 is 0 Å². The van der Waals surface area contributed by atoms with E-state index in [-0.39, 0.29) is 31.6 Å². The van der Waals surface area contributed by atoms with Gasteiger partial charge in [-0.15, -0.1) is 11.3 Å². The fourth-order valence-electron chi connectivity index (χ4n) is 11.6. The van der Waals surface area contributed by atoms with Crippen molar-refractivity contribution in [3.63, 3.8) is 0 Å². The average Bonchev–Trinajstić information content (AvgIpc) is 1.59. The second kappa shape index (κ2) is 35.3. The molecule has 502 valence electrons. The molecular formula is C65H100FN9O14S. The minimum absolute atomic E-state index is 0.0325. The Morgan fingerprint density at radius 3 is 1.84 bits per heavy atom. The second-order valence-corrected chi connectivity index (χ2v) is 26.4. The maximum Gasteiger partial charge on any atom is 0.246 e. The van der Waals surface area contributed by atoms with E-state index in [4.69, 9.17) is 5.73 Å². The Labute approximate surface area is 532 Å². The predicted molar refractivity (Wildman–Crippen MR) is 338 cm³/mol. The third-order valence-electron chi connectivity index (χ3n) is 18.6. The highest BCUT2D eigenvalue weighted by Crippen LogP contribution is 2.48. The number of amides is 8. The first-order valence-corrected chi connectivity index (χ1v) is 32.9. The van der Waals surface area contributed by atoms with E-state index in [1.54, 1.807) is 66.9 Å². The van der Waals surface area contributed by atoms with Gasteiger partial charge < -0.3 is 58.5 Å². The number of nitrogens with one attached hydrogen (secondary N) is 8. The summed E-state index contributed by atoms with van der Waals surface area (Å²) in [6.07, 6.45) is -2.15. The van der Waals surface area contributed by atoms with Crippen LogP contribution in [0.2, 0.25) is 0 Å². The van der Waals surface area contributed by atoms with Gasteiger partial charge in [0.15, 0.2) is 23.1 Å². The summed E-state index contributed by atoms with van der Waals surface area (Å²) >= 11 is 1.55. The highest BCUT2D eigenvalue weighted by atomic mass is 32.1. The number of likely N-dealkylation sites (N-methyl/N-ethyl adjacent to an activating group) is 1. The van der Waals surface area contributed by atoms with Crippen LogP contribution < -0.4 is 48.3 Å². The largest absolute Gasteiger partial charge is 0.396 e. The van der Waals surface area contributed by atoms with Crippen LogP contribution in [0.1, 0.15) is 159 Å². The number of nitrogens with two attached hydrogens (primary N) is 1. The zero-order valence-corrected chi connectivity index (χ0v) is 55.3. The van der Waals surface area contributed by atoms with Crippen LogP contribution >= 0.6 is 11.3 Å². The maximum atomic E-state index is 14.5. The van der Waals surface area contributed by atoms with Crippen LogP contribution in [0.3, 0.4) is 0 Å². The summed E-state index contributed by atoms with van der Waals surface area (Å²) in [7, 11) is 1.64. The second-order valence-electron chi connectivity index (χ2n) is 25.4. The summed E-state index contributed by atoms with van der Waals surface area (Å²) in [5.74, 6) is -16.1. The van der Waals surface area contributed by atoms with Gasteiger partial charge in [0.1, 0.15) is 17.6 Å². The standard InChI is InChI=1S/C65H100FN9O14S/c1-13-33(5)45(28-48(78)46(21-22-53(67)82)70-59(84)40(30-76)26-51(81)55(35(7)15-3)72-62(87)47(68-12)25-42-32-90-52-20-18-17-19-44(42)52)61(86)71-54(34(6)14-2)50(80)27-41(31-77)60(85)73-57-39(11)69-63(88)56(36(8)16-4)74-64(89)65(29-43(65)24-38(10)66)75-58(83)37(9)23-49(57)79/h17-20,32-41,43,45-47,54-57,68,76-77H,13-16,21-31H2,1-12H3,(H2,67,82)(H,69,88)(H,70,84)(H,71,86)(H,72,87)(H,73,85)(H,74,89)(H,75,83)/t33-,34-,35-,36-,37+,38?,39-,40-,41-,43+,45+,46+,47+,54-,55-,56-,57+,65+/m0/s1. The number of hydrogen-bond donors (Lipinski definition) is 11. The molecule has 18 atom stereocenters. The molecule has 4 rings (SSSR count). The van der Waals surface area contributed by atoms with Crippen LogP contribution in [-0.4, -0.2) is 155 Å². The molecule has 0 bridgehead atoms. The van der Waals surface area contributed by atoms with Gasteiger partial charge in [-0.05, 0) is 98.6 Å². The number of ketones is 4. The van der Waals surface area contributed by atoms with Gasteiger partial charge in [0.2, 0.25) is 47.3 Å². The Morgan fingerprint density at radius 1 is 0.722 bits per heavy atom. The van der Waals surface area contributed by atoms with E-state index in [1.165, 1.54) is 20.8 Å². The first kappa shape index (κ1) is 75.9. The van der Waals surface area contributed by atoms with E-state index < -0.39 is 211 Å². The van der Waals surface area contributed by atoms with Crippen molar-refractivity contribution in [3.8, 4) is 0 Å². The Balaban J connectivity index is 1.52. The molecule has 1 unspecified atom stereocenters. The minimum atomic E-state index is -1.51. The highest BCUT2D eigenvalue weighted by Gasteiger charge is 2.62. The number of aliphatic hydroxyl groups is 2. The van der Waals surface area contributed by atoms with E-state index in [0.717, 1.165) is 15.6 Å². The summed E-state index contributed by atoms with van der Waals surface area (Å²) in [5, 5.41) is 46.4. The summed E-state index contributed by atoms with van der Waals surface area (Å²) < 4.78 is 15.3. The molecule has 0 radical (unpaired) electrons. The number of halogens is 1. The molecule has 8 amide bonds. The van der Waals surface area contributed by atoms with Crippen molar-refractivity contribution in [2.45, 2.75) is 214 Å². The summed E-state index contributed by atoms with van der Waals surface area (Å²) in [4.78, 5) is 168. The molecule has 1 aliphatic heterocycles. The quantitative estimate of drug-likeness (QED) is 0.0471. The molecule has 2 aliphatic rings. The Kier molecular flexibility index (Phi) is 29.8. The normalized spacial score (nSPS) is 23.7. The van der Waals surface area contributed by atoms with Crippen molar-refractivity contribution in [2.24, 2.45) is 59.0 Å². The third-order valence-corrected chi connectivity index (χ3v) is 19.6.